The Bertz CT molecular complexity index is 2310. The first-order valence-electron chi connectivity index (χ1n) is 17.6. The van der Waals surface area contributed by atoms with E-state index in [0.29, 0.717) is 52.6 Å². The fourth-order valence-corrected chi connectivity index (χ4v) is 7.41. The summed E-state index contributed by atoms with van der Waals surface area (Å²) in [6.07, 6.45) is 7.20. The largest absolute Gasteiger partial charge is 0.545 e. The SMILES string of the molecule is CN1CCN(C2CCC(n3nc(-c4ccc(NS(=O)(=O)c5cccc([N+](=O)[O-])c5)c(F)c4)c4c(N)ncnc43)CC2)CC1.O=C([O-])/C=C\C(=O)O.O=C([O-])/C=C\C(=O)O. The molecule has 5 N–H and O–H groups in total. The number of aromatic nitrogens is 4. The third-order valence-corrected chi connectivity index (χ3v) is 10.5. The second kappa shape index (κ2) is 20.0. The van der Waals surface area contributed by atoms with Crippen LogP contribution >= 0.6 is 0 Å². The van der Waals surface area contributed by atoms with E-state index in [4.69, 9.17) is 21.0 Å². The van der Waals surface area contributed by atoms with Gasteiger partial charge in [-0.1, -0.05) is 12.1 Å². The number of nitrogens with one attached hydrogen (secondary N) is 1. The van der Waals surface area contributed by atoms with Gasteiger partial charge in [0.15, 0.2) is 5.65 Å². The molecule has 0 atom stereocenters. The molecule has 1 saturated heterocycles. The quantitative estimate of drug-likeness (QED) is 0.0902. The summed E-state index contributed by atoms with van der Waals surface area (Å²) in [5.41, 5.74) is 6.92. The van der Waals surface area contributed by atoms with Crippen molar-refractivity contribution in [3.63, 3.8) is 0 Å². The summed E-state index contributed by atoms with van der Waals surface area (Å²) in [5.74, 6) is -6.24. The summed E-state index contributed by atoms with van der Waals surface area (Å²) >= 11 is 0. The van der Waals surface area contributed by atoms with Crippen LogP contribution in [0.5, 0.6) is 0 Å². The Kier molecular flexibility index (Phi) is 15.2. The number of nitro benzene ring substituents is 1. The molecule has 2 fully saturated rings. The van der Waals surface area contributed by atoms with Gasteiger partial charge in [-0.05, 0) is 63.1 Å². The Morgan fingerprint density at radius 2 is 1.49 bits per heavy atom. The van der Waals surface area contributed by atoms with Crippen molar-refractivity contribution in [3.8, 4) is 11.3 Å². The molecule has 314 valence electrons. The van der Waals surface area contributed by atoms with Crippen molar-refractivity contribution in [3.05, 3.63) is 89.0 Å². The number of nitrogens with zero attached hydrogens (tertiary/aromatic N) is 7. The van der Waals surface area contributed by atoms with Crippen molar-refractivity contribution in [1.82, 2.24) is 29.5 Å². The first kappa shape index (κ1) is 44.9. The van der Waals surface area contributed by atoms with E-state index in [1.54, 1.807) is 0 Å². The van der Waals surface area contributed by atoms with Crippen LogP contribution in [0, 0.1) is 15.9 Å². The third kappa shape index (κ3) is 12.6. The lowest BCUT2D eigenvalue weighted by Crippen LogP contribution is -2.49. The maximum atomic E-state index is 15.4. The standard InChI is InChI=1S/C28H32FN9O4S.2C4H4O4/c1-35-11-13-36(14-12-35)19-6-8-20(9-7-19)37-28-25(27(30)31-17-32-28)26(33-37)18-5-10-24(23(29)15-18)34-43(41,42)22-4-2-3-21(16-22)38(39)40;2*5-3(6)1-2-4(7)8/h2-5,10,15-17,19-20,34H,6-9,11-14H2,1H3,(H2,30,31,32);2*1-2H,(H,5,6)(H,7,8)/p-2/b;2*2-1-. The van der Waals surface area contributed by atoms with E-state index < -0.39 is 50.3 Å². The number of benzene rings is 2. The minimum atomic E-state index is -4.30. The van der Waals surface area contributed by atoms with E-state index in [2.05, 4.69) is 31.5 Å². The predicted octanol–water partition coefficient (Wildman–Crippen LogP) is 0.409. The second-order valence-electron chi connectivity index (χ2n) is 13.1. The van der Waals surface area contributed by atoms with Gasteiger partial charge in [-0.25, -0.2) is 37.0 Å². The number of fused-ring (bicyclic) bond motifs is 1. The molecule has 1 aliphatic carbocycles. The average Bonchev–Trinajstić information content (AvgIpc) is 3.59. The molecule has 0 unspecified atom stereocenters. The van der Waals surface area contributed by atoms with Crippen LogP contribution in [-0.2, 0) is 29.2 Å². The van der Waals surface area contributed by atoms with Gasteiger partial charge in [-0.2, -0.15) is 5.10 Å². The first-order chi connectivity index (χ1) is 27.9. The van der Waals surface area contributed by atoms with Crippen molar-refractivity contribution in [2.24, 2.45) is 0 Å². The number of nitro groups is 1. The summed E-state index contributed by atoms with van der Waals surface area (Å²) in [5, 5.41) is 50.9. The monoisotopic (exact) mass is 839 g/mol. The van der Waals surface area contributed by atoms with Gasteiger partial charge in [0.2, 0.25) is 0 Å². The average molecular weight is 840 g/mol. The topological polar surface area (TPSA) is 320 Å². The minimum Gasteiger partial charge on any atom is -0.545 e. The van der Waals surface area contributed by atoms with Crippen LogP contribution < -0.4 is 20.7 Å². The summed E-state index contributed by atoms with van der Waals surface area (Å²) in [4.78, 5) is 61.5. The molecule has 4 aromatic rings. The fraction of sp³-hybridized carbons (Fsp3) is 0.306. The highest BCUT2D eigenvalue weighted by Crippen LogP contribution is 2.38. The minimum absolute atomic E-state index is 0.0973. The number of carboxylic acids is 4. The maximum absolute atomic E-state index is 15.4. The number of halogens is 1. The molecule has 21 nitrogen and oxygen atoms in total. The molecule has 6 rings (SSSR count). The summed E-state index contributed by atoms with van der Waals surface area (Å²) < 4.78 is 45.1. The molecule has 1 aliphatic heterocycles. The zero-order valence-corrected chi connectivity index (χ0v) is 32.0. The second-order valence-corrected chi connectivity index (χ2v) is 14.8. The van der Waals surface area contributed by atoms with Gasteiger partial charge < -0.3 is 40.6 Å². The lowest BCUT2D eigenvalue weighted by Gasteiger charge is -2.41. The molecule has 2 aliphatic rings. The van der Waals surface area contributed by atoms with Gasteiger partial charge >= 0.3 is 11.9 Å². The summed E-state index contributed by atoms with van der Waals surface area (Å²) in [6.45, 7) is 4.31. The lowest BCUT2D eigenvalue weighted by atomic mass is 9.90. The molecule has 59 heavy (non-hydrogen) atoms. The molecule has 2 aromatic carbocycles. The van der Waals surface area contributed by atoms with E-state index in [-0.39, 0.29) is 22.4 Å². The van der Waals surface area contributed by atoms with Gasteiger partial charge in [0.25, 0.3) is 15.7 Å². The number of sulfonamides is 1. The zero-order chi connectivity index (χ0) is 43.4. The van der Waals surface area contributed by atoms with Crippen LogP contribution in [0.1, 0.15) is 31.7 Å². The number of nitrogens with two attached hydrogens (primary N) is 1. The molecule has 0 spiro atoms. The van der Waals surface area contributed by atoms with Crippen molar-refractivity contribution in [2.75, 3.05) is 43.7 Å². The van der Waals surface area contributed by atoms with Gasteiger partial charge in [0, 0.05) is 62.1 Å². The predicted molar refractivity (Wildman–Crippen MR) is 203 cm³/mol. The molecule has 2 aromatic heterocycles. The number of carbonyl (C=O) groups excluding carboxylic acids is 2. The molecular formula is C36H38FN9O12S-2. The van der Waals surface area contributed by atoms with Crippen LogP contribution in [0.25, 0.3) is 22.3 Å². The lowest BCUT2D eigenvalue weighted by molar-refractivity contribution is -0.385. The van der Waals surface area contributed by atoms with Gasteiger partial charge in [0.1, 0.15) is 23.7 Å². The van der Waals surface area contributed by atoms with Crippen LogP contribution in [0.3, 0.4) is 0 Å². The number of anilines is 2. The van der Waals surface area contributed by atoms with Gasteiger partial charge in [-0.3, -0.25) is 19.7 Å². The van der Waals surface area contributed by atoms with E-state index >= 15 is 4.39 Å². The van der Waals surface area contributed by atoms with Crippen molar-refractivity contribution >= 4 is 62.1 Å². The van der Waals surface area contributed by atoms with Gasteiger partial charge in [0.05, 0.1) is 38.9 Å². The third-order valence-electron chi connectivity index (χ3n) is 9.13. The van der Waals surface area contributed by atoms with Crippen LogP contribution in [-0.4, -0.2) is 116 Å². The summed E-state index contributed by atoms with van der Waals surface area (Å²) in [6, 6.07) is 9.16. The molecule has 0 radical (unpaired) electrons. The first-order valence-corrected chi connectivity index (χ1v) is 19.1. The summed E-state index contributed by atoms with van der Waals surface area (Å²) in [7, 11) is -2.14. The number of hydrogen-bond acceptors (Lipinski definition) is 16. The van der Waals surface area contributed by atoms with Crippen LogP contribution in [0.15, 0.2) is 78.0 Å². The number of nitrogen functional groups attached to an aromatic ring is 1. The smallest absolute Gasteiger partial charge is 0.328 e. The van der Waals surface area contributed by atoms with Crippen molar-refractivity contribution in [1.29, 1.82) is 0 Å². The number of hydrogen-bond donors (Lipinski definition) is 4. The zero-order valence-electron chi connectivity index (χ0n) is 31.2. The van der Waals surface area contributed by atoms with E-state index in [0.717, 1.165) is 57.9 Å². The Hall–Kier alpha value is -6.85. The Balaban J connectivity index is 0.000000406. The fourth-order valence-electron chi connectivity index (χ4n) is 6.30. The number of aliphatic carboxylic acids is 4. The highest BCUT2D eigenvalue weighted by molar-refractivity contribution is 7.92. The highest BCUT2D eigenvalue weighted by atomic mass is 32.2. The molecular weight excluding hydrogens is 802 g/mol. The normalized spacial score (nSPS) is 17.4. The Labute approximate surface area is 335 Å². The highest BCUT2D eigenvalue weighted by Gasteiger charge is 2.31. The maximum Gasteiger partial charge on any atom is 0.328 e. The van der Waals surface area contributed by atoms with Crippen molar-refractivity contribution in [2.45, 2.75) is 42.7 Å². The Morgan fingerprint density at radius 3 is 2.02 bits per heavy atom. The molecule has 0 amide bonds. The number of carbonyl (C=O) groups is 4. The number of carboxylic acid groups (broad SMARTS) is 4. The number of non-ortho nitro benzene ring substituents is 1. The number of rotatable bonds is 11. The van der Waals surface area contributed by atoms with Gasteiger partial charge in [-0.15, -0.1) is 0 Å². The Morgan fingerprint density at radius 1 is 0.898 bits per heavy atom. The van der Waals surface area contributed by atoms with E-state index in [9.17, 15) is 47.9 Å². The van der Waals surface area contributed by atoms with Crippen LogP contribution in [0.4, 0.5) is 21.6 Å². The number of piperazine rings is 1. The van der Waals surface area contributed by atoms with E-state index in [1.807, 2.05) is 4.68 Å². The molecule has 0 bridgehead atoms. The van der Waals surface area contributed by atoms with Crippen LogP contribution in [0.2, 0.25) is 0 Å². The number of likely N-dealkylation sites (N-methyl/N-ethyl adjacent to an activating group) is 1. The molecule has 23 heteroatoms. The molecule has 1 saturated carbocycles. The molecule has 3 heterocycles. The van der Waals surface area contributed by atoms with E-state index in [1.165, 1.54) is 42.7 Å². The van der Waals surface area contributed by atoms with Crippen molar-refractivity contribution < 1.29 is 57.3 Å².